The van der Waals surface area contributed by atoms with Crippen molar-refractivity contribution in [2.24, 2.45) is 0 Å². The molecule has 0 heterocycles. The number of carbonyl (C=O) groups excluding carboxylic acids is 4. The van der Waals surface area contributed by atoms with E-state index in [2.05, 4.69) is 5.32 Å². The molecule has 0 unspecified atom stereocenters. The van der Waals surface area contributed by atoms with Gasteiger partial charge in [0.1, 0.15) is 5.75 Å². The highest BCUT2D eigenvalue weighted by atomic mass is 16.5. The van der Waals surface area contributed by atoms with Gasteiger partial charge >= 0.3 is 0 Å². The Morgan fingerprint density at radius 3 is 1.96 bits per heavy atom. The van der Waals surface area contributed by atoms with Crippen LogP contribution in [-0.2, 0) is 9.59 Å². The Kier molecular flexibility index (Phi) is 5.79. The van der Waals surface area contributed by atoms with E-state index in [1.54, 1.807) is 24.3 Å². The molecule has 0 aliphatic rings. The molecule has 0 radical (unpaired) electrons. The van der Waals surface area contributed by atoms with Gasteiger partial charge in [-0.25, -0.2) is 0 Å². The molecule has 0 aliphatic carbocycles. The molecule has 128 valence electrons. The minimum Gasteiger partial charge on any atom is -0.497 e. The van der Waals surface area contributed by atoms with Gasteiger partial charge < -0.3 is 10.1 Å². The number of amides is 1. The number of hydrogen-bond acceptors (Lipinski definition) is 5. The average molecular weight is 339 g/mol. The maximum Gasteiger partial charge on any atom is 0.292 e. The summed E-state index contributed by atoms with van der Waals surface area (Å²) in [6.45, 7) is 1.43. The normalized spacial score (nSPS) is 10.0. The van der Waals surface area contributed by atoms with Crippen molar-refractivity contribution in [3.05, 3.63) is 59.7 Å². The highest BCUT2D eigenvalue weighted by molar-refractivity contribution is 6.44. The molecule has 0 aliphatic heterocycles. The molecule has 0 spiro atoms. The van der Waals surface area contributed by atoms with E-state index in [9.17, 15) is 19.2 Å². The van der Waals surface area contributed by atoms with Crippen LogP contribution < -0.4 is 10.1 Å². The molecule has 6 nitrogen and oxygen atoms in total. The lowest BCUT2D eigenvalue weighted by Gasteiger charge is -2.05. The van der Waals surface area contributed by atoms with Gasteiger partial charge in [0.2, 0.25) is 5.78 Å². The predicted octanol–water partition coefficient (Wildman–Crippen LogP) is 2.68. The number of methoxy groups -OCH3 is 1. The fourth-order valence-electron chi connectivity index (χ4n) is 2.09. The lowest BCUT2D eigenvalue weighted by Crippen LogP contribution is -2.25. The molecule has 2 aromatic rings. The van der Waals surface area contributed by atoms with E-state index in [0.29, 0.717) is 22.6 Å². The number of nitrogens with one attached hydrogen (secondary N) is 1. The Morgan fingerprint density at radius 1 is 0.880 bits per heavy atom. The van der Waals surface area contributed by atoms with E-state index < -0.39 is 23.9 Å². The standard InChI is InChI=1S/C19H17NO5/c1-12(21)13-3-7-15(8-4-13)20-19(24)18(23)11-17(22)14-5-9-16(25-2)10-6-14/h3-10H,11H2,1-2H3,(H,20,24). The van der Waals surface area contributed by atoms with Crippen LogP contribution in [0.1, 0.15) is 34.1 Å². The third-order valence-electron chi connectivity index (χ3n) is 3.54. The second-order valence-electron chi connectivity index (χ2n) is 5.34. The molecule has 0 fully saturated rings. The van der Waals surface area contributed by atoms with Crippen molar-refractivity contribution in [2.45, 2.75) is 13.3 Å². The molecule has 0 aromatic heterocycles. The minimum atomic E-state index is -0.877. The smallest absolute Gasteiger partial charge is 0.292 e. The summed E-state index contributed by atoms with van der Waals surface area (Å²) in [5, 5.41) is 2.41. The number of benzene rings is 2. The van der Waals surface area contributed by atoms with Crippen molar-refractivity contribution in [3.8, 4) is 5.75 Å². The zero-order chi connectivity index (χ0) is 18.4. The average Bonchev–Trinajstić information content (AvgIpc) is 2.62. The summed E-state index contributed by atoms with van der Waals surface area (Å²) in [7, 11) is 1.51. The first kappa shape index (κ1) is 18.1. The number of ketones is 3. The zero-order valence-corrected chi connectivity index (χ0v) is 13.9. The quantitative estimate of drug-likeness (QED) is 0.476. The van der Waals surface area contributed by atoms with Gasteiger partial charge in [-0.1, -0.05) is 0 Å². The molecule has 0 atom stereocenters. The monoisotopic (exact) mass is 339 g/mol. The van der Waals surface area contributed by atoms with Gasteiger partial charge in [-0.15, -0.1) is 0 Å². The van der Waals surface area contributed by atoms with Crippen LogP contribution in [-0.4, -0.2) is 30.4 Å². The van der Waals surface area contributed by atoms with Crippen molar-refractivity contribution in [1.29, 1.82) is 0 Å². The zero-order valence-electron chi connectivity index (χ0n) is 13.9. The summed E-state index contributed by atoms with van der Waals surface area (Å²) in [4.78, 5) is 47.1. The summed E-state index contributed by atoms with van der Waals surface area (Å²) in [6.07, 6.45) is -0.524. The van der Waals surface area contributed by atoms with Crippen LogP contribution in [0.3, 0.4) is 0 Å². The fourth-order valence-corrected chi connectivity index (χ4v) is 2.09. The van der Waals surface area contributed by atoms with E-state index in [0.717, 1.165) is 0 Å². The van der Waals surface area contributed by atoms with Gasteiger partial charge in [0.25, 0.3) is 5.91 Å². The summed E-state index contributed by atoms with van der Waals surface area (Å²) in [6, 6.07) is 12.4. The molecule has 25 heavy (non-hydrogen) atoms. The van der Waals surface area contributed by atoms with Crippen LogP contribution in [0.15, 0.2) is 48.5 Å². The second-order valence-corrected chi connectivity index (χ2v) is 5.34. The van der Waals surface area contributed by atoms with Crippen molar-refractivity contribution >= 4 is 28.9 Å². The Labute approximate surface area is 144 Å². The van der Waals surface area contributed by atoms with Crippen LogP contribution in [0, 0.1) is 0 Å². The number of Topliss-reactive ketones (excluding diaryl/α,β-unsaturated/α-hetero) is 3. The first-order valence-corrected chi connectivity index (χ1v) is 7.53. The minimum absolute atomic E-state index is 0.0981. The van der Waals surface area contributed by atoms with E-state index in [-0.39, 0.29) is 5.78 Å². The Balaban J connectivity index is 1.95. The molecule has 1 N–H and O–H groups in total. The molecular formula is C19H17NO5. The van der Waals surface area contributed by atoms with E-state index in [1.807, 2.05) is 0 Å². The molecular weight excluding hydrogens is 322 g/mol. The van der Waals surface area contributed by atoms with Crippen molar-refractivity contribution in [2.75, 3.05) is 12.4 Å². The Hall–Kier alpha value is -3.28. The lowest BCUT2D eigenvalue weighted by molar-refractivity contribution is -0.134. The van der Waals surface area contributed by atoms with Crippen LogP contribution in [0.25, 0.3) is 0 Å². The summed E-state index contributed by atoms with van der Waals surface area (Å²) < 4.78 is 4.99. The Bertz CT molecular complexity index is 807. The number of rotatable bonds is 7. The van der Waals surface area contributed by atoms with Gasteiger partial charge in [-0.2, -0.15) is 0 Å². The number of hydrogen-bond donors (Lipinski definition) is 1. The molecule has 2 aromatic carbocycles. The van der Waals surface area contributed by atoms with Gasteiger partial charge in [0, 0.05) is 16.8 Å². The molecule has 6 heteroatoms. The maximum atomic E-state index is 12.1. The SMILES string of the molecule is COc1ccc(C(=O)CC(=O)C(=O)Nc2ccc(C(C)=O)cc2)cc1. The van der Waals surface area contributed by atoms with Gasteiger partial charge in [-0.05, 0) is 55.5 Å². The predicted molar refractivity (Wildman–Crippen MR) is 92.0 cm³/mol. The summed E-state index contributed by atoms with van der Waals surface area (Å²) in [5.74, 6) is -1.67. The maximum absolute atomic E-state index is 12.1. The van der Waals surface area contributed by atoms with Crippen LogP contribution in [0.4, 0.5) is 5.69 Å². The lowest BCUT2D eigenvalue weighted by atomic mass is 10.1. The highest BCUT2D eigenvalue weighted by Gasteiger charge is 2.19. The third-order valence-corrected chi connectivity index (χ3v) is 3.54. The number of ether oxygens (including phenoxy) is 1. The first-order valence-electron chi connectivity index (χ1n) is 7.53. The van der Waals surface area contributed by atoms with Crippen molar-refractivity contribution in [3.63, 3.8) is 0 Å². The fraction of sp³-hybridized carbons (Fsp3) is 0.158. The van der Waals surface area contributed by atoms with E-state index >= 15 is 0 Å². The van der Waals surface area contributed by atoms with Gasteiger partial charge in [0.05, 0.1) is 13.5 Å². The highest BCUT2D eigenvalue weighted by Crippen LogP contribution is 2.14. The molecule has 0 bridgehead atoms. The van der Waals surface area contributed by atoms with Crippen LogP contribution in [0.5, 0.6) is 5.75 Å². The third kappa shape index (κ3) is 4.84. The van der Waals surface area contributed by atoms with Gasteiger partial charge in [0.15, 0.2) is 11.6 Å². The molecule has 0 saturated carbocycles. The van der Waals surface area contributed by atoms with E-state index in [4.69, 9.17) is 4.74 Å². The Morgan fingerprint density at radius 2 is 1.44 bits per heavy atom. The second kappa shape index (κ2) is 8.01. The summed E-state index contributed by atoms with van der Waals surface area (Å²) >= 11 is 0. The first-order chi connectivity index (χ1) is 11.9. The molecule has 1 amide bonds. The van der Waals surface area contributed by atoms with Crippen molar-refractivity contribution < 1.29 is 23.9 Å². The van der Waals surface area contributed by atoms with Gasteiger partial charge in [-0.3, -0.25) is 19.2 Å². The molecule has 0 saturated heterocycles. The van der Waals surface area contributed by atoms with Crippen LogP contribution >= 0.6 is 0 Å². The van der Waals surface area contributed by atoms with Crippen molar-refractivity contribution in [1.82, 2.24) is 0 Å². The number of anilines is 1. The van der Waals surface area contributed by atoms with E-state index in [1.165, 1.54) is 38.3 Å². The largest absolute Gasteiger partial charge is 0.497 e. The summed E-state index contributed by atoms with van der Waals surface area (Å²) in [5.41, 5.74) is 1.20. The number of carbonyl (C=O) groups is 4. The van der Waals surface area contributed by atoms with Crippen LogP contribution in [0.2, 0.25) is 0 Å². The topological polar surface area (TPSA) is 89.5 Å². The molecule has 2 rings (SSSR count).